The molecule has 4 rings (SSSR count). The van der Waals surface area contributed by atoms with Crippen LogP contribution in [0.15, 0.2) is 47.8 Å². The largest absolute Gasteiger partial charge is 0.469 e. The van der Waals surface area contributed by atoms with Crippen molar-refractivity contribution in [3.8, 4) is 16.4 Å². The van der Waals surface area contributed by atoms with Gasteiger partial charge in [-0.25, -0.2) is 0 Å². The number of quaternary nitrogens is 1. The average Bonchev–Trinajstić information content (AvgIpc) is 3.37. The molecule has 1 aromatic carbocycles. The number of hydrogen-bond donors (Lipinski definition) is 1. The highest BCUT2D eigenvalue weighted by molar-refractivity contribution is 7.71. The van der Waals surface area contributed by atoms with Crippen molar-refractivity contribution in [2.24, 2.45) is 5.92 Å². The van der Waals surface area contributed by atoms with Crippen LogP contribution in [0.5, 0.6) is 0 Å². The maximum Gasteiger partial charge on any atom is 0.309 e. The van der Waals surface area contributed by atoms with E-state index in [0.717, 1.165) is 42.3 Å². The summed E-state index contributed by atoms with van der Waals surface area (Å²) >= 11 is 7.46. The van der Waals surface area contributed by atoms with Crippen molar-refractivity contribution in [1.82, 2.24) is 14.3 Å². The third-order valence-corrected chi connectivity index (χ3v) is 6.46. The van der Waals surface area contributed by atoms with Crippen molar-refractivity contribution in [2.45, 2.75) is 19.5 Å². The van der Waals surface area contributed by atoms with Crippen LogP contribution < -0.4 is 4.90 Å². The zero-order valence-electron chi connectivity index (χ0n) is 15.7. The first-order valence-corrected chi connectivity index (χ1v) is 10.7. The number of rotatable bonds is 5. The van der Waals surface area contributed by atoms with Gasteiger partial charge < -0.3 is 9.64 Å². The molecule has 1 aliphatic rings. The lowest BCUT2D eigenvalue weighted by Gasteiger charge is -2.27. The van der Waals surface area contributed by atoms with E-state index in [2.05, 4.69) is 11.4 Å². The van der Waals surface area contributed by atoms with Crippen molar-refractivity contribution in [1.29, 1.82) is 0 Å². The van der Waals surface area contributed by atoms with E-state index in [1.54, 1.807) is 11.3 Å². The van der Waals surface area contributed by atoms with E-state index in [9.17, 15) is 4.79 Å². The number of aromatic nitrogens is 3. The highest BCUT2D eigenvalue weighted by atomic mass is 32.1. The van der Waals surface area contributed by atoms with Crippen molar-refractivity contribution in [2.75, 3.05) is 20.2 Å². The summed E-state index contributed by atoms with van der Waals surface area (Å²) in [7, 11) is 1.46. The maximum absolute atomic E-state index is 11.8. The Bertz CT molecular complexity index is 987. The molecule has 2 aromatic heterocycles. The van der Waals surface area contributed by atoms with E-state index in [4.69, 9.17) is 22.1 Å². The van der Waals surface area contributed by atoms with Crippen LogP contribution in [0.4, 0.5) is 0 Å². The molecule has 0 saturated carbocycles. The third kappa shape index (κ3) is 3.80. The number of carbonyl (C=O) groups excluding carboxylic acids is 1. The van der Waals surface area contributed by atoms with Gasteiger partial charge >= 0.3 is 5.97 Å². The maximum atomic E-state index is 11.8. The smallest absolute Gasteiger partial charge is 0.309 e. The minimum atomic E-state index is -0.0935. The number of hydrogen-bond acceptors (Lipinski definition) is 5. The minimum Gasteiger partial charge on any atom is -0.469 e. The first kappa shape index (κ1) is 19.0. The number of likely N-dealkylation sites (tertiary alicyclic amines) is 1. The first-order valence-electron chi connectivity index (χ1n) is 9.38. The predicted molar refractivity (Wildman–Crippen MR) is 111 cm³/mol. The van der Waals surface area contributed by atoms with Crippen molar-refractivity contribution in [3.05, 3.63) is 52.6 Å². The number of benzene rings is 1. The summed E-state index contributed by atoms with van der Waals surface area (Å²) < 4.78 is 9.54. The Kier molecular flexibility index (Phi) is 5.70. The summed E-state index contributed by atoms with van der Waals surface area (Å²) in [5.74, 6) is 0.796. The molecule has 0 bridgehead atoms. The number of ether oxygens (including phenoxy) is 1. The van der Waals surface area contributed by atoms with Crippen LogP contribution in [0.25, 0.3) is 16.4 Å². The monoisotopic (exact) mass is 415 g/mol. The number of nitrogens with one attached hydrogen (secondary N) is 1. The Balaban J connectivity index is 1.61. The molecule has 0 atom stereocenters. The first-order chi connectivity index (χ1) is 13.7. The van der Waals surface area contributed by atoms with Gasteiger partial charge in [0, 0.05) is 12.8 Å². The van der Waals surface area contributed by atoms with Gasteiger partial charge in [0.05, 0.1) is 36.7 Å². The second kappa shape index (κ2) is 8.38. The normalized spacial score (nSPS) is 19.5. The molecule has 0 aliphatic carbocycles. The van der Waals surface area contributed by atoms with Crippen LogP contribution in [0, 0.1) is 10.7 Å². The molecule has 3 heterocycles. The molecule has 3 aromatic rings. The van der Waals surface area contributed by atoms with Crippen molar-refractivity contribution in [3.63, 3.8) is 0 Å². The van der Waals surface area contributed by atoms with Gasteiger partial charge in [-0.15, -0.1) is 16.4 Å². The molecule has 1 N–H and O–H groups in total. The highest BCUT2D eigenvalue weighted by Gasteiger charge is 2.29. The molecule has 146 valence electrons. The van der Waals surface area contributed by atoms with E-state index >= 15 is 0 Å². The quantitative estimate of drug-likeness (QED) is 0.514. The van der Waals surface area contributed by atoms with Crippen LogP contribution in [0.1, 0.15) is 12.8 Å². The summed E-state index contributed by atoms with van der Waals surface area (Å²) in [6.45, 7) is 2.52. The van der Waals surface area contributed by atoms with Gasteiger partial charge in [0.25, 0.3) is 0 Å². The van der Waals surface area contributed by atoms with E-state index < -0.39 is 0 Å². The fourth-order valence-electron chi connectivity index (χ4n) is 3.68. The van der Waals surface area contributed by atoms with Crippen molar-refractivity contribution >= 4 is 29.5 Å². The molecule has 1 aliphatic heterocycles. The fourth-order valence-corrected chi connectivity index (χ4v) is 4.68. The Morgan fingerprint density at radius 2 is 2.00 bits per heavy atom. The van der Waals surface area contributed by atoms with Crippen LogP contribution in [-0.4, -0.2) is 40.5 Å². The molecule has 28 heavy (non-hydrogen) atoms. The number of thiophene rings is 1. The lowest BCUT2D eigenvalue weighted by Crippen LogP contribution is -3.12. The van der Waals surface area contributed by atoms with Crippen LogP contribution in [0.3, 0.4) is 0 Å². The van der Waals surface area contributed by atoms with Crippen LogP contribution in [0.2, 0.25) is 0 Å². The SMILES string of the molecule is COC(=O)C1CC[NH+](Cn2nc(-c3cccs3)n(-c3ccccc3)c2=S)CC1. The zero-order valence-corrected chi connectivity index (χ0v) is 17.3. The van der Waals surface area contributed by atoms with Gasteiger partial charge in [0.1, 0.15) is 0 Å². The Morgan fingerprint density at radius 3 is 2.64 bits per heavy atom. The number of para-hydroxylation sites is 1. The van der Waals surface area contributed by atoms with E-state index in [-0.39, 0.29) is 11.9 Å². The minimum absolute atomic E-state index is 0.0188. The van der Waals surface area contributed by atoms with Gasteiger partial charge in [-0.3, -0.25) is 9.36 Å². The second-order valence-corrected chi connectivity index (χ2v) is 8.27. The molecule has 8 heteroatoms. The summed E-state index contributed by atoms with van der Waals surface area (Å²) in [5, 5.41) is 6.92. The summed E-state index contributed by atoms with van der Waals surface area (Å²) in [6, 6.07) is 14.2. The molecule has 0 radical (unpaired) electrons. The average molecular weight is 416 g/mol. The highest BCUT2D eigenvalue weighted by Crippen LogP contribution is 2.26. The molecule has 0 unspecified atom stereocenters. The molecule has 1 fully saturated rings. The Hall–Kier alpha value is -2.29. The number of nitrogens with zero attached hydrogens (tertiary/aromatic N) is 3. The number of piperidine rings is 1. The third-order valence-electron chi connectivity index (χ3n) is 5.20. The van der Waals surface area contributed by atoms with E-state index in [0.29, 0.717) is 11.4 Å². The van der Waals surface area contributed by atoms with Crippen LogP contribution in [-0.2, 0) is 16.2 Å². The predicted octanol–water partition coefficient (Wildman–Crippen LogP) is 2.56. The zero-order chi connectivity index (χ0) is 19.5. The molecule has 6 nitrogen and oxygen atoms in total. The number of esters is 1. The van der Waals surface area contributed by atoms with Crippen LogP contribution >= 0.6 is 23.6 Å². The van der Waals surface area contributed by atoms with E-state index in [1.807, 2.05) is 45.6 Å². The molecule has 0 amide bonds. The van der Waals surface area contributed by atoms with E-state index in [1.165, 1.54) is 12.0 Å². The van der Waals surface area contributed by atoms with Gasteiger partial charge in [0.2, 0.25) is 4.77 Å². The topological polar surface area (TPSA) is 53.5 Å². The second-order valence-electron chi connectivity index (χ2n) is 6.96. The summed E-state index contributed by atoms with van der Waals surface area (Å²) in [5.41, 5.74) is 1.02. The lowest BCUT2D eigenvalue weighted by atomic mass is 9.97. The molecule has 1 saturated heterocycles. The standard InChI is InChI=1S/C20H22N4O2S2/c1-26-19(25)15-9-11-22(12-10-15)14-23-20(27)24(16-6-3-2-4-7-16)18(21-23)17-8-5-13-28-17/h2-8,13,15H,9-12,14H2,1H3/p+1. The Morgan fingerprint density at radius 1 is 1.25 bits per heavy atom. The summed E-state index contributed by atoms with van der Waals surface area (Å²) in [4.78, 5) is 14.2. The van der Waals surface area contributed by atoms with Gasteiger partial charge in [-0.2, -0.15) is 4.68 Å². The fraction of sp³-hybridized carbons (Fsp3) is 0.350. The molecule has 0 spiro atoms. The molecular weight excluding hydrogens is 392 g/mol. The lowest BCUT2D eigenvalue weighted by molar-refractivity contribution is -0.929. The van der Waals surface area contributed by atoms with Gasteiger partial charge in [-0.05, 0) is 35.8 Å². The number of methoxy groups -OCH3 is 1. The Labute approximate surface area is 173 Å². The summed E-state index contributed by atoms with van der Waals surface area (Å²) in [6.07, 6.45) is 1.68. The van der Waals surface area contributed by atoms with Gasteiger partial charge in [0.15, 0.2) is 12.5 Å². The molecular formula is C20H23N4O2S2+. The number of carbonyl (C=O) groups is 1. The van der Waals surface area contributed by atoms with Crippen molar-refractivity contribution < 1.29 is 14.4 Å². The van der Waals surface area contributed by atoms with Gasteiger partial charge in [-0.1, -0.05) is 24.3 Å².